The van der Waals surface area contributed by atoms with E-state index in [1.807, 2.05) is 30.0 Å². The van der Waals surface area contributed by atoms with Crippen LogP contribution in [0.4, 0.5) is 0 Å². The van der Waals surface area contributed by atoms with Crippen LogP contribution < -0.4 is 14.2 Å². The molecule has 0 spiro atoms. The number of ketones is 1. The van der Waals surface area contributed by atoms with Crippen LogP contribution in [-0.2, 0) is 6.54 Å². The van der Waals surface area contributed by atoms with Gasteiger partial charge in [-0.25, -0.2) is 0 Å². The van der Waals surface area contributed by atoms with Crippen LogP contribution in [0.1, 0.15) is 21.5 Å². The maximum atomic E-state index is 12.6. The van der Waals surface area contributed by atoms with Gasteiger partial charge in [0, 0.05) is 42.3 Å². The number of allylic oxidation sites excluding steroid dienone is 1. The van der Waals surface area contributed by atoms with E-state index in [9.17, 15) is 4.79 Å². The summed E-state index contributed by atoms with van der Waals surface area (Å²) in [5, 5.41) is 0. The van der Waals surface area contributed by atoms with E-state index in [1.165, 1.54) is 11.5 Å². The first kappa shape index (κ1) is 21.3. The van der Waals surface area contributed by atoms with Gasteiger partial charge in [0.25, 0.3) is 0 Å². The molecular weight excluding hydrogens is 386 g/mol. The molecule has 154 valence electrons. The molecule has 2 aromatic carbocycles. The third-order valence-electron chi connectivity index (χ3n) is 4.90. The number of hydrogen-bond donors (Lipinski definition) is 0. The summed E-state index contributed by atoms with van der Waals surface area (Å²) in [5.74, 6) is 4.27. The molecule has 1 aliphatic rings. The van der Waals surface area contributed by atoms with Crippen LogP contribution in [0.3, 0.4) is 0 Å². The zero-order valence-electron chi connectivity index (χ0n) is 17.1. The van der Waals surface area contributed by atoms with Gasteiger partial charge >= 0.3 is 0 Å². The minimum atomic E-state index is -0.0867. The number of carbonyl (C=O) groups excluding carboxylic acids is 1. The second-order valence-corrected chi connectivity index (χ2v) is 7.95. The first-order chi connectivity index (χ1) is 14.1. The van der Waals surface area contributed by atoms with Gasteiger partial charge in [0.15, 0.2) is 17.3 Å². The number of carbonyl (C=O) groups is 1. The largest absolute Gasteiger partial charge is 0.496 e. The first-order valence-corrected chi connectivity index (χ1v) is 10.7. The maximum Gasteiger partial charge on any atom is 0.185 e. The van der Waals surface area contributed by atoms with Gasteiger partial charge in [-0.1, -0.05) is 12.1 Å². The van der Waals surface area contributed by atoms with E-state index in [2.05, 4.69) is 11.0 Å². The highest BCUT2D eigenvalue weighted by molar-refractivity contribution is 7.99. The smallest absolute Gasteiger partial charge is 0.185 e. The molecule has 5 nitrogen and oxygen atoms in total. The molecule has 0 bridgehead atoms. The van der Waals surface area contributed by atoms with Crippen LogP contribution in [0.25, 0.3) is 6.08 Å². The van der Waals surface area contributed by atoms with Gasteiger partial charge in [0.1, 0.15) is 5.75 Å². The highest BCUT2D eigenvalue weighted by Gasteiger charge is 2.14. The molecule has 1 heterocycles. The molecule has 0 amide bonds. The molecule has 3 rings (SSSR count). The molecule has 29 heavy (non-hydrogen) atoms. The predicted molar refractivity (Wildman–Crippen MR) is 119 cm³/mol. The third-order valence-corrected chi connectivity index (χ3v) is 5.84. The molecule has 0 unspecified atom stereocenters. The van der Waals surface area contributed by atoms with Crippen LogP contribution in [0.15, 0.2) is 42.5 Å². The van der Waals surface area contributed by atoms with Gasteiger partial charge in [-0.15, -0.1) is 0 Å². The zero-order valence-corrected chi connectivity index (χ0v) is 18.0. The van der Waals surface area contributed by atoms with Crippen molar-refractivity contribution in [3.63, 3.8) is 0 Å². The molecule has 0 atom stereocenters. The van der Waals surface area contributed by atoms with Crippen molar-refractivity contribution < 1.29 is 19.0 Å². The van der Waals surface area contributed by atoms with Crippen molar-refractivity contribution in [3.05, 3.63) is 59.2 Å². The second-order valence-electron chi connectivity index (χ2n) is 6.73. The molecule has 0 N–H and O–H groups in total. The predicted octanol–water partition coefficient (Wildman–Crippen LogP) is 4.16. The summed E-state index contributed by atoms with van der Waals surface area (Å²) in [4.78, 5) is 15.0. The summed E-state index contributed by atoms with van der Waals surface area (Å²) < 4.78 is 16.0. The number of rotatable bonds is 8. The molecule has 6 heteroatoms. The van der Waals surface area contributed by atoms with Crippen LogP contribution >= 0.6 is 11.8 Å². The minimum Gasteiger partial charge on any atom is -0.496 e. The van der Waals surface area contributed by atoms with Gasteiger partial charge in [-0.3, -0.25) is 9.69 Å². The number of benzene rings is 2. The van der Waals surface area contributed by atoms with E-state index in [0.29, 0.717) is 17.1 Å². The van der Waals surface area contributed by atoms with Gasteiger partial charge < -0.3 is 14.2 Å². The van der Waals surface area contributed by atoms with Crippen molar-refractivity contribution in [1.29, 1.82) is 0 Å². The Morgan fingerprint density at radius 3 is 2.34 bits per heavy atom. The van der Waals surface area contributed by atoms with Crippen molar-refractivity contribution in [1.82, 2.24) is 4.90 Å². The number of hydrogen-bond acceptors (Lipinski definition) is 6. The Labute approximate surface area is 176 Å². The molecular formula is C23H27NO4S. The Hall–Kier alpha value is -2.44. The molecule has 1 saturated heterocycles. The molecule has 0 radical (unpaired) electrons. The van der Waals surface area contributed by atoms with E-state index in [-0.39, 0.29) is 5.78 Å². The van der Waals surface area contributed by atoms with E-state index < -0.39 is 0 Å². The monoisotopic (exact) mass is 413 g/mol. The summed E-state index contributed by atoms with van der Waals surface area (Å²) in [6.07, 6.45) is 3.43. The van der Waals surface area contributed by atoms with Crippen molar-refractivity contribution in [2.45, 2.75) is 6.54 Å². The quantitative estimate of drug-likeness (QED) is 0.478. The van der Waals surface area contributed by atoms with Crippen molar-refractivity contribution in [2.75, 3.05) is 45.9 Å². The molecule has 1 aliphatic heterocycles. The topological polar surface area (TPSA) is 48.0 Å². The van der Waals surface area contributed by atoms with Crippen molar-refractivity contribution in [3.8, 4) is 17.2 Å². The fourth-order valence-electron chi connectivity index (χ4n) is 3.28. The van der Waals surface area contributed by atoms with Gasteiger partial charge in [-0.05, 0) is 42.0 Å². The standard InChI is InChI=1S/C23H27NO4S/c1-26-21-8-5-17(14-19(21)16-24-10-12-29-13-11-24)4-7-20(25)18-6-9-22(27-2)23(15-18)28-3/h4-9,14-15H,10-13,16H2,1-3H3/b7-4+. The Morgan fingerprint density at radius 2 is 1.66 bits per heavy atom. The fourth-order valence-corrected chi connectivity index (χ4v) is 4.26. The van der Waals surface area contributed by atoms with Crippen LogP contribution in [-0.4, -0.2) is 56.6 Å². The van der Waals surface area contributed by atoms with Crippen LogP contribution in [0, 0.1) is 0 Å². The lowest BCUT2D eigenvalue weighted by molar-refractivity contribution is 0.104. The number of ether oxygens (including phenoxy) is 3. The van der Waals surface area contributed by atoms with E-state index >= 15 is 0 Å². The Kier molecular flexibility index (Phi) is 7.61. The summed E-state index contributed by atoms with van der Waals surface area (Å²) in [5.41, 5.74) is 2.67. The van der Waals surface area contributed by atoms with Gasteiger partial charge in [0.05, 0.1) is 21.3 Å². The van der Waals surface area contributed by atoms with Crippen LogP contribution in [0.2, 0.25) is 0 Å². The summed E-state index contributed by atoms with van der Waals surface area (Å²) >= 11 is 2.00. The summed E-state index contributed by atoms with van der Waals surface area (Å²) in [6, 6.07) is 11.2. The lowest BCUT2D eigenvalue weighted by Gasteiger charge is -2.26. The molecule has 1 fully saturated rings. The van der Waals surface area contributed by atoms with Gasteiger partial charge in [0.2, 0.25) is 0 Å². The van der Waals surface area contributed by atoms with Crippen LogP contribution in [0.5, 0.6) is 17.2 Å². The molecule has 0 aromatic heterocycles. The minimum absolute atomic E-state index is 0.0867. The second kappa shape index (κ2) is 10.4. The Morgan fingerprint density at radius 1 is 0.966 bits per heavy atom. The molecule has 0 aliphatic carbocycles. The van der Waals surface area contributed by atoms with E-state index in [0.717, 1.165) is 36.5 Å². The number of methoxy groups -OCH3 is 3. The normalized spacial score (nSPS) is 14.7. The summed E-state index contributed by atoms with van der Waals surface area (Å²) in [6.45, 7) is 3.03. The Balaban J connectivity index is 1.75. The zero-order chi connectivity index (χ0) is 20.6. The highest BCUT2D eigenvalue weighted by atomic mass is 32.2. The van der Waals surface area contributed by atoms with E-state index in [1.54, 1.807) is 45.6 Å². The highest BCUT2D eigenvalue weighted by Crippen LogP contribution is 2.28. The average Bonchev–Trinajstić information content (AvgIpc) is 2.77. The molecule has 2 aromatic rings. The number of nitrogens with zero attached hydrogens (tertiary/aromatic N) is 1. The molecule has 0 saturated carbocycles. The SMILES string of the molecule is COc1ccc(/C=C/C(=O)c2ccc(OC)c(OC)c2)cc1CN1CCSCC1. The lowest BCUT2D eigenvalue weighted by atomic mass is 10.1. The summed E-state index contributed by atoms with van der Waals surface area (Å²) in [7, 11) is 4.83. The average molecular weight is 414 g/mol. The van der Waals surface area contributed by atoms with Crippen molar-refractivity contribution >= 4 is 23.6 Å². The Bertz CT molecular complexity index is 875. The maximum absolute atomic E-state index is 12.6. The fraction of sp³-hybridized carbons (Fsp3) is 0.348. The van der Waals surface area contributed by atoms with Crippen molar-refractivity contribution in [2.24, 2.45) is 0 Å². The lowest BCUT2D eigenvalue weighted by Crippen LogP contribution is -2.32. The first-order valence-electron chi connectivity index (χ1n) is 9.56. The third kappa shape index (κ3) is 5.55. The van der Waals surface area contributed by atoms with E-state index in [4.69, 9.17) is 14.2 Å². The van der Waals surface area contributed by atoms with Gasteiger partial charge in [-0.2, -0.15) is 11.8 Å². The number of thioether (sulfide) groups is 1.